The minimum Gasteiger partial charge on any atom is -0.453 e. The van der Waals surface area contributed by atoms with Crippen molar-refractivity contribution >= 4 is 49.9 Å². The number of fused-ring (bicyclic) bond motifs is 1. The fraction of sp³-hybridized carbons (Fsp3) is 0.217. The van der Waals surface area contributed by atoms with Crippen LogP contribution in [-0.2, 0) is 19.6 Å². The highest BCUT2D eigenvalue weighted by Gasteiger charge is 2.22. The number of nitrogens with one attached hydrogen (secondary N) is 3. The summed E-state index contributed by atoms with van der Waals surface area (Å²) in [5, 5.41) is 6.38. The number of methoxy groups -OCH3 is 1. The quantitative estimate of drug-likeness (QED) is 0.511. The molecule has 0 heterocycles. The lowest BCUT2D eigenvalue weighted by Gasteiger charge is -2.18. The van der Waals surface area contributed by atoms with E-state index in [0.717, 1.165) is 0 Å². The van der Waals surface area contributed by atoms with E-state index < -0.39 is 21.5 Å². The molecular weight excluding hydrogens is 430 g/mol. The molecule has 168 valence electrons. The fourth-order valence-corrected chi connectivity index (χ4v) is 4.22. The van der Waals surface area contributed by atoms with Crippen molar-refractivity contribution in [3.05, 3.63) is 60.7 Å². The molecule has 0 unspecified atom stereocenters. The number of hydrogen-bond donors (Lipinski definition) is 3. The van der Waals surface area contributed by atoms with Gasteiger partial charge in [0.25, 0.3) is 10.0 Å². The zero-order valence-corrected chi connectivity index (χ0v) is 19.0. The topological polar surface area (TPSA) is 114 Å². The van der Waals surface area contributed by atoms with E-state index in [1.54, 1.807) is 75.4 Å². The van der Waals surface area contributed by atoms with Crippen molar-refractivity contribution in [1.29, 1.82) is 0 Å². The van der Waals surface area contributed by atoms with Crippen LogP contribution in [0.3, 0.4) is 0 Å². The SMILES string of the molecule is COC(=O)Nc1cccc2c(S(=O)(=O)Nc3ccc(NC(=O)C(C)(C)C)cc3)cccc12. The number of benzene rings is 3. The van der Waals surface area contributed by atoms with Crippen LogP contribution >= 0.6 is 0 Å². The van der Waals surface area contributed by atoms with Crippen LogP contribution in [0.5, 0.6) is 0 Å². The maximum Gasteiger partial charge on any atom is 0.411 e. The first-order valence-electron chi connectivity index (χ1n) is 9.82. The van der Waals surface area contributed by atoms with Crippen LogP contribution < -0.4 is 15.4 Å². The lowest BCUT2D eigenvalue weighted by molar-refractivity contribution is -0.123. The maximum absolute atomic E-state index is 13.1. The molecular formula is C23H25N3O5S. The van der Waals surface area contributed by atoms with Gasteiger partial charge in [0.05, 0.1) is 17.7 Å². The molecule has 8 nitrogen and oxygen atoms in total. The summed E-state index contributed by atoms with van der Waals surface area (Å²) >= 11 is 0. The zero-order chi connectivity index (χ0) is 23.5. The highest BCUT2D eigenvalue weighted by molar-refractivity contribution is 7.93. The van der Waals surface area contributed by atoms with E-state index in [4.69, 9.17) is 0 Å². The second kappa shape index (κ2) is 8.88. The van der Waals surface area contributed by atoms with E-state index in [-0.39, 0.29) is 10.8 Å². The van der Waals surface area contributed by atoms with Gasteiger partial charge in [-0.05, 0) is 36.4 Å². The molecule has 3 aromatic rings. The molecule has 3 aromatic carbocycles. The molecule has 0 fully saturated rings. The van der Waals surface area contributed by atoms with Gasteiger partial charge in [-0.25, -0.2) is 13.2 Å². The molecule has 0 saturated carbocycles. The van der Waals surface area contributed by atoms with Crippen molar-refractivity contribution in [2.45, 2.75) is 25.7 Å². The van der Waals surface area contributed by atoms with Crippen molar-refractivity contribution in [3.8, 4) is 0 Å². The van der Waals surface area contributed by atoms with Crippen LogP contribution in [0.1, 0.15) is 20.8 Å². The normalized spacial score (nSPS) is 11.6. The maximum atomic E-state index is 13.1. The fourth-order valence-electron chi connectivity index (χ4n) is 2.94. The predicted molar refractivity (Wildman–Crippen MR) is 125 cm³/mol. The molecule has 0 aliphatic rings. The smallest absolute Gasteiger partial charge is 0.411 e. The van der Waals surface area contributed by atoms with Gasteiger partial charge in [-0.15, -0.1) is 0 Å². The average molecular weight is 456 g/mol. The monoisotopic (exact) mass is 455 g/mol. The Labute approximate surface area is 187 Å². The summed E-state index contributed by atoms with van der Waals surface area (Å²) in [5.74, 6) is -0.141. The third-order valence-corrected chi connectivity index (χ3v) is 6.11. The molecule has 3 rings (SSSR count). The number of carbonyl (C=O) groups is 2. The van der Waals surface area contributed by atoms with Crippen LogP contribution in [0, 0.1) is 5.41 Å². The van der Waals surface area contributed by atoms with Gasteiger partial charge in [-0.3, -0.25) is 14.8 Å². The Bertz CT molecular complexity index is 1260. The summed E-state index contributed by atoms with van der Waals surface area (Å²) < 4.78 is 33.4. The highest BCUT2D eigenvalue weighted by Crippen LogP contribution is 2.30. The largest absolute Gasteiger partial charge is 0.453 e. The van der Waals surface area contributed by atoms with Gasteiger partial charge >= 0.3 is 6.09 Å². The second-order valence-corrected chi connectivity index (χ2v) is 9.81. The van der Waals surface area contributed by atoms with E-state index >= 15 is 0 Å². The Morgan fingerprint density at radius 3 is 2.03 bits per heavy atom. The predicted octanol–water partition coefficient (Wildman–Crippen LogP) is 4.80. The molecule has 2 amide bonds. The van der Waals surface area contributed by atoms with Crippen LogP contribution in [0.2, 0.25) is 0 Å². The summed E-state index contributed by atoms with van der Waals surface area (Å²) in [5.41, 5.74) is 0.803. The Hall–Kier alpha value is -3.59. The van der Waals surface area contributed by atoms with Crippen LogP contribution in [-0.4, -0.2) is 27.5 Å². The molecule has 0 atom stereocenters. The van der Waals surface area contributed by atoms with Gasteiger partial charge in [-0.1, -0.05) is 45.0 Å². The average Bonchev–Trinajstić information content (AvgIpc) is 2.74. The lowest BCUT2D eigenvalue weighted by Crippen LogP contribution is -2.27. The summed E-state index contributed by atoms with van der Waals surface area (Å²) in [6, 6.07) is 16.2. The number of ether oxygens (including phenoxy) is 1. The highest BCUT2D eigenvalue weighted by atomic mass is 32.2. The minimum absolute atomic E-state index is 0.0635. The molecule has 0 aliphatic carbocycles. The first-order chi connectivity index (χ1) is 15.0. The lowest BCUT2D eigenvalue weighted by atomic mass is 9.95. The molecule has 3 N–H and O–H groups in total. The van der Waals surface area contributed by atoms with Gasteiger partial charge in [0, 0.05) is 27.6 Å². The molecule has 32 heavy (non-hydrogen) atoms. The van der Waals surface area contributed by atoms with Crippen molar-refractivity contribution < 1.29 is 22.7 Å². The Kier molecular flexibility index (Phi) is 6.40. The number of carbonyl (C=O) groups excluding carboxylic acids is 2. The Balaban J connectivity index is 1.88. The van der Waals surface area contributed by atoms with E-state index in [1.807, 2.05) is 0 Å². The summed E-state index contributed by atoms with van der Waals surface area (Å²) in [4.78, 5) is 23.8. The van der Waals surface area contributed by atoms with Crippen molar-refractivity contribution in [2.75, 3.05) is 22.5 Å². The standard InChI is InChI=1S/C23H25N3O5S/c1-23(2,3)21(27)24-15-11-13-16(14-12-15)26-32(29,30)20-10-6-7-17-18(20)8-5-9-19(17)25-22(28)31-4/h5-14,26H,1-4H3,(H,24,27)(H,25,28). The summed E-state index contributed by atoms with van der Waals surface area (Å²) in [6.07, 6.45) is -0.650. The van der Waals surface area contributed by atoms with E-state index in [0.29, 0.717) is 27.8 Å². The number of anilines is 3. The van der Waals surface area contributed by atoms with Crippen LogP contribution in [0.15, 0.2) is 65.6 Å². The molecule has 0 saturated heterocycles. The van der Waals surface area contributed by atoms with Crippen molar-refractivity contribution in [2.24, 2.45) is 5.41 Å². The zero-order valence-electron chi connectivity index (χ0n) is 18.2. The molecule has 0 aliphatic heterocycles. The third-order valence-electron chi connectivity index (χ3n) is 4.67. The second-order valence-electron chi connectivity index (χ2n) is 8.16. The van der Waals surface area contributed by atoms with Gasteiger partial charge < -0.3 is 10.1 Å². The van der Waals surface area contributed by atoms with E-state index in [1.165, 1.54) is 13.2 Å². The summed E-state index contributed by atoms with van der Waals surface area (Å²) in [6.45, 7) is 5.42. The van der Waals surface area contributed by atoms with Gasteiger partial charge in [0.15, 0.2) is 0 Å². The van der Waals surface area contributed by atoms with E-state index in [9.17, 15) is 18.0 Å². The number of rotatable bonds is 5. The van der Waals surface area contributed by atoms with Gasteiger partial charge in [0.2, 0.25) is 5.91 Å². The first-order valence-corrected chi connectivity index (χ1v) is 11.3. The minimum atomic E-state index is -3.93. The number of hydrogen-bond acceptors (Lipinski definition) is 5. The van der Waals surface area contributed by atoms with Crippen LogP contribution in [0.25, 0.3) is 10.8 Å². The van der Waals surface area contributed by atoms with Gasteiger partial charge in [0.1, 0.15) is 0 Å². The van der Waals surface area contributed by atoms with Gasteiger partial charge in [-0.2, -0.15) is 0 Å². The van der Waals surface area contributed by atoms with E-state index in [2.05, 4.69) is 20.1 Å². The molecule has 0 bridgehead atoms. The van der Waals surface area contributed by atoms with Crippen molar-refractivity contribution in [3.63, 3.8) is 0 Å². The number of sulfonamides is 1. The molecule has 0 radical (unpaired) electrons. The first kappa shape index (κ1) is 23.1. The Morgan fingerprint density at radius 2 is 1.41 bits per heavy atom. The molecule has 0 spiro atoms. The van der Waals surface area contributed by atoms with Crippen LogP contribution in [0.4, 0.5) is 21.9 Å². The van der Waals surface area contributed by atoms with Crippen molar-refractivity contribution in [1.82, 2.24) is 0 Å². The third kappa shape index (κ3) is 5.17. The Morgan fingerprint density at radius 1 is 0.812 bits per heavy atom. The summed E-state index contributed by atoms with van der Waals surface area (Å²) in [7, 11) is -2.68. The number of amides is 2. The molecule has 0 aromatic heterocycles. The molecule has 9 heteroatoms.